The van der Waals surface area contributed by atoms with Gasteiger partial charge in [-0.2, -0.15) is 0 Å². The number of rotatable bonds is 7. The summed E-state index contributed by atoms with van der Waals surface area (Å²) < 4.78 is 4.90. The van der Waals surface area contributed by atoms with Crippen LogP contribution in [0.5, 0.6) is 0 Å². The van der Waals surface area contributed by atoms with Crippen molar-refractivity contribution in [3.8, 4) is 11.4 Å². The summed E-state index contributed by atoms with van der Waals surface area (Å²) in [4.78, 5) is 30.7. The van der Waals surface area contributed by atoms with Gasteiger partial charge in [0.25, 0.3) is 5.56 Å². The summed E-state index contributed by atoms with van der Waals surface area (Å²) >= 11 is 5.83. The highest BCUT2D eigenvalue weighted by molar-refractivity contribution is 6.30. The van der Waals surface area contributed by atoms with Crippen LogP contribution in [0.1, 0.15) is 12.0 Å². The van der Waals surface area contributed by atoms with E-state index in [1.165, 1.54) is 6.20 Å². The topological polar surface area (TPSA) is 84.1 Å². The minimum Gasteiger partial charge on any atom is -0.385 e. The Kier molecular flexibility index (Phi) is 6.31. The number of hydrogen-bond donors (Lipinski definition) is 2. The van der Waals surface area contributed by atoms with Crippen molar-refractivity contribution in [2.45, 2.75) is 12.8 Å². The molecule has 122 valence electrons. The molecule has 23 heavy (non-hydrogen) atoms. The molecule has 1 aromatic carbocycles. The molecule has 0 atom stereocenters. The third-order valence-electron chi connectivity index (χ3n) is 3.19. The highest BCUT2D eigenvalue weighted by Gasteiger charge is 2.09. The molecule has 1 heterocycles. The summed E-state index contributed by atoms with van der Waals surface area (Å²) in [7, 11) is 1.61. The first-order valence-electron chi connectivity index (χ1n) is 7.20. The lowest BCUT2D eigenvalue weighted by Crippen LogP contribution is -2.29. The molecule has 1 aromatic heterocycles. The maximum atomic E-state index is 12.1. The van der Waals surface area contributed by atoms with Crippen LogP contribution in [0.3, 0.4) is 0 Å². The van der Waals surface area contributed by atoms with Crippen LogP contribution in [0.4, 0.5) is 0 Å². The molecule has 0 unspecified atom stereocenters. The Balaban J connectivity index is 2.00. The standard InChI is InChI=1S/C16H18ClN3O3/c1-23-8-2-7-18-14(21)9-12-10-19-15(20-16(12)22)11-3-5-13(17)6-4-11/h3-6,10H,2,7-9H2,1H3,(H,18,21)(H,19,20,22). The molecule has 2 N–H and O–H groups in total. The summed E-state index contributed by atoms with van der Waals surface area (Å²) in [5.41, 5.74) is 0.756. The molecule has 1 amide bonds. The highest BCUT2D eigenvalue weighted by atomic mass is 35.5. The van der Waals surface area contributed by atoms with Gasteiger partial charge in [0.05, 0.1) is 6.42 Å². The Hall–Kier alpha value is -2.18. The maximum absolute atomic E-state index is 12.1. The molecule has 6 nitrogen and oxygen atoms in total. The number of benzene rings is 1. The molecule has 0 bridgehead atoms. The number of methoxy groups -OCH3 is 1. The van der Waals surface area contributed by atoms with E-state index in [0.717, 1.165) is 12.0 Å². The number of carbonyl (C=O) groups excluding carboxylic acids is 1. The monoisotopic (exact) mass is 335 g/mol. The lowest BCUT2D eigenvalue weighted by molar-refractivity contribution is -0.120. The lowest BCUT2D eigenvalue weighted by Gasteiger charge is -2.05. The van der Waals surface area contributed by atoms with Gasteiger partial charge in [-0.25, -0.2) is 4.98 Å². The van der Waals surface area contributed by atoms with Crippen molar-refractivity contribution in [1.82, 2.24) is 15.3 Å². The molecule has 0 aliphatic heterocycles. The Labute approximate surface area is 138 Å². The fraction of sp³-hybridized carbons (Fsp3) is 0.312. The summed E-state index contributed by atoms with van der Waals surface area (Å²) in [6.07, 6.45) is 2.15. The van der Waals surface area contributed by atoms with Crippen LogP contribution in [0.25, 0.3) is 11.4 Å². The van der Waals surface area contributed by atoms with Crippen molar-refractivity contribution < 1.29 is 9.53 Å². The van der Waals surface area contributed by atoms with E-state index in [1.54, 1.807) is 31.4 Å². The van der Waals surface area contributed by atoms with Crippen molar-refractivity contribution in [1.29, 1.82) is 0 Å². The van der Waals surface area contributed by atoms with Crippen molar-refractivity contribution in [3.05, 3.63) is 51.4 Å². The number of aromatic amines is 1. The number of nitrogens with one attached hydrogen (secondary N) is 2. The van der Waals surface area contributed by atoms with Gasteiger partial charge in [0, 0.05) is 42.6 Å². The van der Waals surface area contributed by atoms with Gasteiger partial charge in [-0.05, 0) is 30.7 Å². The summed E-state index contributed by atoms with van der Waals surface area (Å²) in [5, 5.41) is 3.34. The van der Waals surface area contributed by atoms with E-state index < -0.39 is 0 Å². The Bertz CT molecular complexity index is 713. The predicted molar refractivity (Wildman–Crippen MR) is 88.5 cm³/mol. The molecule has 0 radical (unpaired) electrons. The van der Waals surface area contributed by atoms with E-state index in [4.69, 9.17) is 16.3 Å². The van der Waals surface area contributed by atoms with E-state index in [9.17, 15) is 9.59 Å². The molecule has 2 aromatic rings. The maximum Gasteiger partial charge on any atom is 0.254 e. The van der Waals surface area contributed by atoms with Gasteiger partial charge < -0.3 is 15.0 Å². The average Bonchev–Trinajstić information content (AvgIpc) is 2.54. The highest BCUT2D eigenvalue weighted by Crippen LogP contribution is 2.16. The number of hydrogen-bond acceptors (Lipinski definition) is 4. The second kappa shape index (κ2) is 8.45. The van der Waals surface area contributed by atoms with E-state index in [2.05, 4.69) is 15.3 Å². The molecule has 0 fully saturated rings. The fourth-order valence-electron chi connectivity index (χ4n) is 1.98. The van der Waals surface area contributed by atoms with Gasteiger partial charge in [0.15, 0.2) is 0 Å². The second-order valence-electron chi connectivity index (χ2n) is 4.97. The number of halogens is 1. The largest absolute Gasteiger partial charge is 0.385 e. The van der Waals surface area contributed by atoms with Crippen molar-refractivity contribution in [3.63, 3.8) is 0 Å². The van der Waals surface area contributed by atoms with Crippen molar-refractivity contribution in [2.24, 2.45) is 0 Å². The van der Waals surface area contributed by atoms with Gasteiger partial charge in [-0.1, -0.05) is 11.6 Å². The Morgan fingerprint density at radius 3 is 2.74 bits per heavy atom. The third-order valence-corrected chi connectivity index (χ3v) is 3.44. The summed E-state index contributed by atoms with van der Waals surface area (Å²) in [6, 6.07) is 6.97. The first-order valence-corrected chi connectivity index (χ1v) is 7.57. The van der Waals surface area contributed by atoms with E-state index in [0.29, 0.717) is 29.6 Å². The SMILES string of the molecule is COCCCNC(=O)Cc1cnc(-c2ccc(Cl)cc2)[nH]c1=O. The first kappa shape index (κ1) is 17.2. The minimum absolute atomic E-state index is 0.00376. The van der Waals surface area contributed by atoms with Crippen LogP contribution >= 0.6 is 11.6 Å². The molecule has 0 aliphatic rings. The minimum atomic E-state index is -0.322. The molecule has 0 aliphatic carbocycles. The third kappa shape index (κ3) is 5.19. The number of H-pyrrole nitrogens is 1. The predicted octanol–water partition coefficient (Wildman–Crippen LogP) is 1.79. The van der Waals surface area contributed by atoms with Gasteiger partial charge in [-0.3, -0.25) is 9.59 Å². The fourth-order valence-corrected chi connectivity index (χ4v) is 2.11. The summed E-state index contributed by atoms with van der Waals surface area (Å²) in [6.45, 7) is 1.10. The zero-order valence-electron chi connectivity index (χ0n) is 12.8. The van der Waals surface area contributed by atoms with E-state index in [-0.39, 0.29) is 17.9 Å². The van der Waals surface area contributed by atoms with E-state index >= 15 is 0 Å². The normalized spacial score (nSPS) is 10.5. The van der Waals surface area contributed by atoms with Gasteiger partial charge >= 0.3 is 0 Å². The smallest absolute Gasteiger partial charge is 0.254 e. The molecule has 0 saturated heterocycles. The van der Waals surface area contributed by atoms with Crippen LogP contribution in [-0.2, 0) is 16.0 Å². The summed E-state index contributed by atoms with van der Waals surface area (Å²) in [5.74, 6) is 0.226. The first-order chi connectivity index (χ1) is 11.1. The second-order valence-corrected chi connectivity index (χ2v) is 5.40. The zero-order valence-corrected chi connectivity index (χ0v) is 13.5. The molecule has 0 saturated carbocycles. The lowest BCUT2D eigenvalue weighted by atomic mass is 10.2. The van der Waals surface area contributed by atoms with Gasteiger partial charge in [-0.15, -0.1) is 0 Å². The van der Waals surface area contributed by atoms with Gasteiger partial charge in [0.1, 0.15) is 5.82 Å². The molecule has 2 rings (SSSR count). The van der Waals surface area contributed by atoms with Crippen molar-refractivity contribution >= 4 is 17.5 Å². The van der Waals surface area contributed by atoms with Crippen LogP contribution in [-0.4, -0.2) is 36.1 Å². The van der Waals surface area contributed by atoms with E-state index in [1.807, 2.05) is 0 Å². The van der Waals surface area contributed by atoms with Crippen LogP contribution < -0.4 is 10.9 Å². The quantitative estimate of drug-likeness (QED) is 0.755. The van der Waals surface area contributed by atoms with Crippen LogP contribution in [0.2, 0.25) is 5.02 Å². The Morgan fingerprint density at radius 1 is 1.35 bits per heavy atom. The Morgan fingerprint density at radius 2 is 2.09 bits per heavy atom. The number of carbonyl (C=O) groups is 1. The zero-order chi connectivity index (χ0) is 16.7. The number of nitrogens with zero attached hydrogens (tertiary/aromatic N) is 1. The molecular weight excluding hydrogens is 318 g/mol. The average molecular weight is 336 g/mol. The number of aromatic nitrogens is 2. The number of ether oxygens (including phenoxy) is 1. The van der Waals surface area contributed by atoms with Crippen LogP contribution in [0, 0.1) is 0 Å². The van der Waals surface area contributed by atoms with Crippen LogP contribution in [0.15, 0.2) is 35.3 Å². The van der Waals surface area contributed by atoms with Gasteiger partial charge in [0.2, 0.25) is 5.91 Å². The molecule has 0 spiro atoms. The molecule has 7 heteroatoms. The number of amides is 1. The van der Waals surface area contributed by atoms with Crippen molar-refractivity contribution in [2.75, 3.05) is 20.3 Å². The molecular formula is C16H18ClN3O3.